The molecule has 8 heteroatoms. The molecule has 0 amide bonds. The Kier molecular flexibility index (Phi) is 16.8. The zero-order chi connectivity index (χ0) is 31.2. The normalized spacial score (nSPS) is 28.5. The molecule has 42 heavy (non-hydrogen) atoms. The summed E-state index contributed by atoms with van der Waals surface area (Å²) in [7, 11) is 0. The minimum Gasteiger partial charge on any atom is -0.481 e. The van der Waals surface area contributed by atoms with Gasteiger partial charge in [-0.15, -0.1) is 0 Å². The summed E-state index contributed by atoms with van der Waals surface area (Å²) in [5.74, 6) is 0.219. The molecule has 0 aliphatic carbocycles. The Morgan fingerprint density at radius 1 is 0.952 bits per heavy atom. The summed E-state index contributed by atoms with van der Waals surface area (Å²) in [4.78, 5) is 24.1. The van der Waals surface area contributed by atoms with Crippen molar-refractivity contribution in [3.8, 4) is 0 Å². The lowest BCUT2D eigenvalue weighted by atomic mass is 9.80. The first-order chi connectivity index (χ1) is 19.9. The molecule has 0 aromatic carbocycles. The van der Waals surface area contributed by atoms with Crippen molar-refractivity contribution < 1.29 is 39.5 Å². The van der Waals surface area contributed by atoms with Crippen LogP contribution in [0.2, 0.25) is 0 Å². The largest absolute Gasteiger partial charge is 0.481 e. The van der Waals surface area contributed by atoms with Crippen LogP contribution in [-0.2, 0) is 19.1 Å². The highest BCUT2D eigenvalue weighted by atomic mass is 16.5. The van der Waals surface area contributed by atoms with Gasteiger partial charge in [0.25, 0.3) is 0 Å². The van der Waals surface area contributed by atoms with E-state index >= 15 is 0 Å². The summed E-state index contributed by atoms with van der Waals surface area (Å²) < 4.78 is 11.8. The number of ether oxygens (including phenoxy) is 2. The van der Waals surface area contributed by atoms with E-state index in [0.717, 1.165) is 51.4 Å². The van der Waals surface area contributed by atoms with Crippen molar-refractivity contribution in [2.75, 3.05) is 6.61 Å². The summed E-state index contributed by atoms with van der Waals surface area (Å²) in [6, 6.07) is 0. The number of Topliss-reactive ketones (excluding diaryl/α,β-unsaturated/α-hetero) is 1. The molecule has 0 aromatic rings. The lowest BCUT2D eigenvalue weighted by Gasteiger charge is -2.38. The van der Waals surface area contributed by atoms with Crippen LogP contribution >= 0.6 is 0 Å². The van der Waals surface area contributed by atoms with Crippen molar-refractivity contribution in [1.29, 1.82) is 0 Å². The van der Waals surface area contributed by atoms with Crippen LogP contribution in [0.3, 0.4) is 0 Å². The van der Waals surface area contributed by atoms with Crippen LogP contribution in [0.15, 0.2) is 12.2 Å². The minimum atomic E-state index is -0.830. The van der Waals surface area contributed by atoms with Crippen LogP contribution in [0.4, 0.5) is 0 Å². The van der Waals surface area contributed by atoms with Gasteiger partial charge in [0.2, 0.25) is 0 Å². The van der Waals surface area contributed by atoms with Gasteiger partial charge in [0, 0.05) is 18.9 Å². The monoisotopic (exact) mass is 596 g/mol. The van der Waals surface area contributed by atoms with Crippen LogP contribution in [0.25, 0.3) is 0 Å². The number of aliphatic hydroxyl groups excluding tert-OH is 3. The van der Waals surface area contributed by atoms with Gasteiger partial charge in [-0.3, -0.25) is 9.59 Å². The van der Waals surface area contributed by atoms with E-state index in [2.05, 4.69) is 20.8 Å². The Morgan fingerprint density at radius 3 is 2.36 bits per heavy atom. The second-order valence-electron chi connectivity index (χ2n) is 13.7. The van der Waals surface area contributed by atoms with Crippen LogP contribution in [0.5, 0.6) is 0 Å². The first-order valence-corrected chi connectivity index (χ1v) is 16.6. The fourth-order valence-electron chi connectivity index (χ4n) is 6.73. The van der Waals surface area contributed by atoms with E-state index in [1.54, 1.807) is 6.08 Å². The van der Waals surface area contributed by atoms with Crippen molar-refractivity contribution in [3.05, 3.63) is 12.2 Å². The third-order valence-electron chi connectivity index (χ3n) is 9.51. The van der Waals surface area contributed by atoms with Crippen molar-refractivity contribution in [3.63, 3.8) is 0 Å². The number of aliphatic carboxylic acids is 1. The highest BCUT2D eigenvalue weighted by molar-refractivity contribution is 5.80. The molecule has 0 aromatic heterocycles. The molecular formula is C34H60O8. The Labute approximate surface area is 254 Å². The van der Waals surface area contributed by atoms with Crippen LogP contribution in [0, 0.1) is 29.6 Å². The highest BCUT2D eigenvalue weighted by Gasteiger charge is 2.34. The Balaban J connectivity index is 1.65. The lowest BCUT2D eigenvalue weighted by Crippen LogP contribution is -2.39. The SMILES string of the molecule is CC(CCC(=O)C(C)C[C@H](C)C1OC(CC(=O)O)CC[C@@H]1C)CC(C)C(O)/C=C\CC(O)CCC(O)C1CCCCO1. The molecule has 0 spiro atoms. The van der Waals surface area contributed by atoms with Gasteiger partial charge >= 0.3 is 5.97 Å². The standard InChI is InChI=1S/C34H60O8/c1-22(12-16-30(37)25(4)20-26(5)34-23(2)13-15-28(42-34)21-33(39)40)19-24(3)29(36)10-8-9-27(35)14-17-31(38)32-11-6-7-18-41-32/h8,10,22-29,31-32,34-36,38H,6-7,9,11-21H2,1-5H3,(H,39,40)/b10-8-/t22?,23-,24?,25?,26-,27?,28?,29?,31?,32?,34?/m0/s1. The first kappa shape index (κ1) is 36.9. The second kappa shape index (κ2) is 19.1. The maximum Gasteiger partial charge on any atom is 0.305 e. The van der Waals surface area contributed by atoms with Gasteiger partial charge in [0.15, 0.2) is 0 Å². The lowest BCUT2D eigenvalue weighted by molar-refractivity contribution is -0.148. The zero-order valence-electron chi connectivity index (χ0n) is 26.8. The van der Waals surface area contributed by atoms with E-state index in [4.69, 9.17) is 14.6 Å². The molecule has 0 saturated carbocycles. The van der Waals surface area contributed by atoms with Crippen LogP contribution in [0.1, 0.15) is 118 Å². The van der Waals surface area contributed by atoms with Gasteiger partial charge in [0.05, 0.1) is 43.0 Å². The molecule has 244 valence electrons. The number of hydrogen-bond acceptors (Lipinski definition) is 7. The quantitative estimate of drug-likeness (QED) is 0.140. The topological polar surface area (TPSA) is 134 Å². The molecule has 9 unspecified atom stereocenters. The number of carboxylic acid groups (broad SMARTS) is 1. The summed E-state index contributed by atoms with van der Waals surface area (Å²) in [5, 5.41) is 40.3. The molecule has 2 fully saturated rings. The van der Waals surface area contributed by atoms with Gasteiger partial charge in [-0.05, 0) is 94.3 Å². The van der Waals surface area contributed by atoms with E-state index in [1.807, 2.05) is 19.9 Å². The molecule has 2 rings (SSSR count). The molecule has 2 aliphatic rings. The van der Waals surface area contributed by atoms with Gasteiger partial charge in [-0.25, -0.2) is 0 Å². The summed E-state index contributed by atoms with van der Waals surface area (Å²) in [5.41, 5.74) is 0. The maximum absolute atomic E-state index is 12.9. The smallest absolute Gasteiger partial charge is 0.305 e. The predicted molar refractivity (Wildman–Crippen MR) is 164 cm³/mol. The second-order valence-corrected chi connectivity index (χ2v) is 13.7. The van der Waals surface area contributed by atoms with E-state index in [0.29, 0.717) is 44.1 Å². The molecule has 8 nitrogen and oxygen atoms in total. The highest BCUT2D eigenvalue weighted by Crippen LogP contribution is 2.34. The van der Waals surface area contributed by atoms with Crippen molar-refractivity contribution in [2.24, 2.45) is 29.6 Å². The third-order valence-corrected chi connectivity index (χ3v) is 9.51. The third kappa shape index (κ3) is 13.5. The van der Waals surface area contributed by atoms with E-state index in [-0.39, 0.29) is 48.3 Å². The van der Waals surface area contributed by atoms with Crippen molar-refractivity contribution in [2.45, 2.75) is 155 Å². The molecule has 0 radical (unpaired) electrons. The maximum atomic E-state index is 12.9. The Morgan fingerprint density at radius 2 is 1.69 bits per heavy atom. The molecule has 2 heterocycles. The van der Waals surface area contributed by atoms with Gasteiger partial charge in [-0.2, -0.15) is 0 Å². The average molecular weight is 597 g/mol. The van der Waals surface area contributed by atoms with Crippen molar-refractivity contribution in [1.82, 2.24) is 0 Å². The summed E-state index contributed by atoms with van der Waals surface area (Å²) >= 11 is 0. The number of hydrogen-bond donors (Lipinski definition) is 4. The zero-order valence-corrected chi connectivity index (χ0v) is 26.8. The number of carboxylic acids is 1. The molecule has 2 aliphatic heterocycles. The number of carbonyl (C=O) groups excluding carboxylic acids is 1. The van der Waals surface area contributed by atoms with Gasteiger partial charge < -0.3 is 29.9 Å². The van der Waals surface area contributed by atoms with Crippen LogP contribution < -0.4 is 0 Å². The number of ketones is 1. The number of rotatable bonds is 19. The predicted octanol–water partition coefficient (Wildman–Crippen LogP) is 5.70. The fourth-order valence-corrected chi connectivity index (χ4v) is 6.73. The van der Waals surface area contributed by atoms with E-state index in [1.165, 1.54) is 0 Å². The minimum absolute atomic E-state index is 0.0171. The Hall–Kier alpha value is -1.32. The van der Waals surface area contributed by atoms with Gasteiger partial charge in [0.1, 0.15) is 5.78 Å². The molecule has 4 N–H and O–H groups in total. The van der Waals surface area contributed by atoms with E-state index < -0.39 is 24.3 Å². The molecule has 11 atom stereocenters. The van der Waals surface area contributed by atoms with Gasteiger partial charge in [-0.1, -0.05) is 46.8 Å². The first-order valence-electron chi connectivity index (χ1n) is 16.6. The number of aliphatic hydroxyl groups is 3. The molecule has 0 bridgehead atoms. The molecule has 2 saturated heterocycles. The van der Waals surface area contributed by atoms with E-state index in [9.17, 15) is 24.9 Å². The van der Waals surface area contributed by atoms with Crippen molar-refractivity contribution >= 4 is 11.8 Å². The average Bonchev–Trinajstić information content (AvgIpc) is 2.95. The Bertz CT molecular complexity index is 809. The molecular weight excluding hydrogens is 536 g/mol. The summed E-state index contributed by atoms with van der Waals surface area (Å²) in [6.07, 6.45) is 10.5. The number of carbonyl (C=O) groups is 2. The fraction of sp³-hybridized carbons (Fsp3) is 0.882. The summed E-state index contributed by atoms with van der Waals surface area (Å²) in [6.45, 7) is 11.1. The van der Waals surface area contributed by atoms with Crippen LogP contribution in [-0.4, -0.2) is 75.4 Å².